The second kappa shape index (κ2) is 9.40. The minimum absolute atomic E-state index is 0.0266. The Labute approximate surface area is 195 Å². The van der Waals surface area contributed by atoms with E-state index in [4.69, 9.17) is 4.98 Å². The number of hydrogen-bond donors (Lipinski definition) is 1. The Morgan fingerprint density at radius 1 is 1.16 bits per heavy atom. The summed E-state index contributed by atoms with van der Waals surface area (Å²) in [6, 6.07) is 16.7. The molecule has 5 rings (SSSR count). The third-order valence-corrected chi connectivity index (χ3v) is 7.37. The summed E-state index contributed by atoms with van der Waals surface area (Å²) < 4.78 is 0. The minimum atomic E-state index is -0.0266. The molecule has 0 saturated carbocycles. The summed E-state index contributed by atoms with van der Waals surface area (Å²) in [5, 5.41) is 2.00. The summed E-state index contributed by atoms with van der Waals surface area (Å²) >= 11 is 3.43. The van der Waals surface area contributed by atoms with E-state index in [1.807, 2.05) is 35.5 Å². The second-order valence-electron chi connectivity index (χ2n) is 7.79. The maximum absolute atomic E-state index is 12.7. The van der Waals surface area contributed by atoms with Crippen molar-refractivity contribution in [3.63, 3.8) is 0 Å². The summed E-state index contributed by atoms with van der Waals surface area (Å²) in [6.07, 6.45) is 2.73. The van der Waals surface area contributed by atoms with E-state index in [0.717, 1.165) is 58.2 Å². The van der Waals surface area contributed by atoms with Gasteiger partial charge < -0.3 is 4.98 Å². The predicted molar refractivity (Wildman–Crippen MR) is 132 cm³/mol. The summed E-state index contributed by atoms with van der Waals surface area (Å²) in [4.78, 5) is 29.7. The molecule has 3 aromatic heterocycles. The number of nitrogens with zero attached hydrogens (tertiary/aromatic N) is 3. The third kappa shape index (κ3) is 4.55. The Morgan fingerprint density at radius 3 is 2.75 bits per heavy atom. The first-order valence-corrected chi connectivity index (χ1v) is 12.6. The number of benzene rings is 1. The van der Waals surface area contributed by atoms with Crippen LogP contribution < -0.4 is 5.56 Å². The molecule has 5 nitrogen and oxygen atoms in total. The SMILES string of the molecule is CCSc1ccc(-c2ccc(CN3CCc4nc(-c5cccs5)[nH]c(=O)c4C3)cn2)cc1. The largest absolute Gasteiger partial charge is 0.306 e. The molecule has 0 unspecified atom stereocenters. The van der Waals surface area contributed by atoms with E-state index in [0.29, 0.717) is 12.4 Å². The summed E-state index contributed by atoms with van der Waals surface area (Å²) in [5.41, 5.74) is 4.93. The smallest absolute Gasteiger partial charge is 0.255 e. The average Bonchev–Trinajstić information content (AvgIpc) is 3.36. The fourth-order valence-electron chi connectivity index (χ4n) is 3.98. The van der Waals surface area contributed by atoms with Crippen LogP contribution in [0.3, 0.4) is 0 Å². The molecule has 0 fully saturated rings. The lowest BCUT2D eigenvalue weighted by Gasteiger charge is -2.27. The van der Waals surface area contributed by atoms with Gasteiger partial charge in [0.2, 0.25) is 0 Å². The van der Waals surface area contributed by atoms with Gasteiger partial charge in [-0.1, -0.05) is 31.2 Å². The molecule has 0 atom stereocenters. The molecule has 0 aliphatic carbocycles. The molecule has 1 aliphatic heterocycles. The number of thioether (sulfide) groups is 1. The lowest BCUT2D eigenvalue weighted by atomic mass is 10.1. The molecule has 0 spiro atoms. The van der Waals surface area contributed by atoms with Crippen molar-refractivity contribution < 1.29 is 0 Å². The molecule has 4 aromatic rings. The highest BCUT2D eigenvalue weighted by atomic mass is 32.2. The van der Waals surface area contributed by atoms with Gasteiger partial charge >= 0.3 is 0 Å². The predicted octanol–water partition coefficient (Wildman–Crippen LogP) is 5.23. The van der Waals surface area contributed by atoms with Crippen LogP contribution in [-0.4, -0.2) is 32.1 Å². The molecular formula is C25H24N4OS2. The number of aromatic nitrogens is 3. The summed E-state index contributed by atoms with van der Waals surface area (Å²) in [5.74, 6) is 1.75. The topological polar surface area (TPSA) is 61.9 Å². The average molecular weight is 461 g/mol. The highest BCUT2D eigenvalue weighted by molar-refractivity contribution is 7.99. The maximum Gasteiger partial charge on any atom is 0.255 e. The van der Waals surface area contributed by atoms with Crippen LogP contribution in [0.15, 0.2) is 69.8 Å². The maximum atomic E-state index is 12.7. The zero-order valence-corrected chi connectivity index (χ0v) is 19.5. The van der Waals surface area contributed by atoms with Crippen molar-refractivity contribution >= 4 is 23.1 Å². The quantitative estimate of drug-likeness (QED) is 0.399. The van der Waals surface area contributed by atoms with Gasteiger partial charge in [0.1, 0.15) is 0 Å². The van der Waals surface area contributed by atoms with Crippen LogP contribution in [0.2, 0.25) is 0 Å². The van der Waals surface area contributed by atoms with Crippen molar-refractivity contribution in [3.05, 3.63) is 87.3 Å². The van der Waals surface area contributed by atoms with Gasteiger partial charge in [-0.15, -0.1) is 23.1 Å². The van der Waals surface area contributed by atoms with Crippen LogP contribution in [0.25, 0.3) is 22.0 Å². The highest BCUT2D eigenvalue weighted by Crippen LogP contribution is 2.25. The van der Waals surface area contributed by atoms with Gasteiger partial charge in [0.15, 0.2) is 5.82 Å². The molecule has 32 heavy (non-hydrogen) atoms. The number of nitrogens with one attached hydrogen (secondary N) is 1. The van der Waals surface area contributed by atoms with E-state index >= 15 is 0 Å². The van der Waals surface area contributed by atoms with Crippen LogP contribution >= 0.6 is 23.1 Å². The second-order valence-corrected chi connectivity index (χ2v) is 10.1. The monoisotopic (exact) mass is 460 g/mol. The van der Waals surface area contributed by atoms with Gasteiger partial charge in [-0.25, -0.2) is 4.98 Å². The first-order valence-electron chi connectivity index (χ1n) is 10.8. The Balaban J connectivity index is 1.27. The van der Waals surface area contributed by atoms with E-state index < -0.39 is 0 Å². The van der Waals surface area contributed by atoms with E-state index in [2.05, 4.69) is 58.2 Å². The van der Waals surface area contributed by atoms with Gasteiger partial charge in [-0.3, -0.25) is 14.7 Å². The molecule has 162 valence electrons. The fraction of sp³-hybridized carbons (Fsp3) is 0.240. The van der Waals surface area contributed by atoms with Crippen LogP contribution in [-0.2, 0) is 19.5 Å². The van der Waals surface area contributed by atoms with Gasteiger partial charge in [0, 0.05) is 42.7 Å². The third-order valence-electron chi connectivity index (χ3n) is 5.59. The normalized spacial score (nSPS) is 13.8. The lowest BCUT2D eigenvalue weighted by molar-refractivity contribution is 0.241. The Kier molecular flexibility index (Phi) is 6.21. The molecular weight excluding hydrogens is 436 g/mol. The number of hydrogen-bond acceptors (Lipinski definition) is 6. The number of thiophene rings is 1. The molecule has 1 aliphatic rings. The standard InChI is InChI=1S/C25H24N4OS2/c1-2-31-19-8-6-18(7-9-19)21-10-5-17(14-26-21)15-29-12-11-22-20(16-29)25(30)28-24(27-22)23-4-3-13-32-23/h3-10,13-14H,2,11-12,15-16H2,1H3,(H,27,28,30). The molecule has 0 radical (unpaired) electrons. The molecule has 4 heterocycles. The van der Waals surface area contributed by atoms with Crippen LogP contribution in [0.4, 0.5) is 0 Å². The van der Waals surface area contributed by atoms with Gasteiger partial charge in [-0.05, 0) is 41.0 Å². The van der Waals surface area contributed by atoms with Crippen LogP contribution in [0.5, 0.6) is 0 Å². The van der Waals surface area contributed by atoms with Crippen molar-refractivity contribution in [2.45, 2.75) is 31.3 Å². The lowest BCUT2D eigenvalue weighted by Crippen LogP contribution is -2.35. The van der Waals surface area contributed by atoms with Gasteiger partial charge in [0.05, 0.1) is 21.8 Å². The van der Waals surface area contributed by atoms with Crippen LogP contribution in [0.1, 0.15) is 23.7 Å². The molecule has 0 saturated heterocycles. The number of rotatable bonds is 6. The Hall–Kier alpha value is -2.74. The summed E-state index contributed by atoms with van der Waals surface area (Å²) in [6.45, 7) is 4.42. The number of H-pyrrole nitrogens is 1. The highest BCUT2D eigenvalue weighted by Gasteiger charge is 2.22. The Bertz CT molecular complexity index is 1250. The van der Waals surface area contributed by atoms with Crippen molar-refractivity contribution in [3.8, 4) is 22.0 Å². The number of pyridine rings is 1. The summed E-state index contributed by atoms with van der Waals surface area (Å²) in [7, 11) is 0. The van der Waals surface area contributed by atoms with Crippen LogP contribution in [0, 0.1) is 0 Å². The van der Waals surface area contributed by atoms with Crippen molar-refractivity contribution in [2.24, 2.45) is 0 Å². The Morgan fingerprint density at radius 2 is 2.03 bits per heavy atom. The number of fused-ring (bicyclic) bond motifs is 1. The van der Waals surface area contributed by atoms with E-state index in [9.17, 15) is 4.79 Å². The van der Waals surface area contributed by atoms with Crippen molar-refractivity contribution in [1.82, 2.24) is 19.9 Å². The first kappa shape index (κ1) is 21.1. The van der Waals surface area contributed by atoms with Crippen molar-refractivity contribution in [2.75, 3.05) is 12.3 Å². The van der Waals surface area contributed by atoms with E-state index in [1.165, 1.54) is 4.90 Å². The zero-order valence-electron chi connectivity index (χ0n) is 17.9. The van der Waals surface area contributed by atoms with Gasteiger partial charge in [-0.2, -0.15) is 0 Å². The van der Waals surface area contributed by atoms with E-state index in [1.54, 1.807) is 11.3 Å². The fourth-order valence-corrected chi connectivity index (χ4v) is 5.31. The minimum Gasteiger partial charge on any atom is -0.306 e. The molecule has 0 amide bonds. The molecule has 1 aromatic carbocycles. The van der Waals surface area contributed by atoms with E-state index in [-0.39, 0.29) is 5.56 Å². The van der Waals surface area contributed by atoms with Gasteiger partial charge in [0.25, 0.3) is 5.56 Å². The molecule has 7 heteroatoms. The number of aromatic amines is 1. The zero-order chi connectivity index (χ0) is 21.9. The molecule has 1 N–H and O–H groups in total. The first-order chi connectivity index (χ1) is 15.7. The van der Waals surface area contributed by atoms with Crippen molar-refractivity contribution in [1.29, 1.82) is 0 Å². The molecule has 0 bridgehead atoms.